The van der Waals surface area contributed by atoms with Gasteiger partial charge in [-0.05, 0) is 25.3 Å². The van der Waals surface area contributed by atoms with E-state index in [2.05, 4.69) is 22.3 Å². The highest BCUT2D eigenvalue weighted by Crippen LogP contribution is 2.16. The summed E-state index contributed by atoms with van der Waals surface area (Å²) in [5.41, 5.74) is 0.956. The number of imide groups is 1. The number of hydrogen-bond acceptors (Lipinski definition) is 8. The minimum absolute atomic E-state index is 0.114. The van der Waals surface area contributed by atoms with Gasteiger partial charge in [0.2, 0.25) is 0 Å². The van der Waals surface area contributed by atoms with E-state index in [-0.39, 0.29) is 24.8 Å². The predicted molar refractivity (Wildman–Crippen MR) is 118 cm³/mol. The van der Waals surface area contributed by atoms with Gasteiger partial charge in [-0.1, -0.05) is 44.2 Å². The van der Waals surface area contributed by atoms with Gasteiger partial charge in [-0.25, -0.2) is 9.80 Å². The average molecular weight is 460 g/mol. The molecule has 0 bridgehead atoms. The second-order valence-corrected chi connectivity index (χ2v) is 7.91. The number of hydrazone groups is 1. The summed E-state index contributed by atoms with van der Waals surface area (Å²) in [6.07, 6.45) is 11.9. The van der Waals surface area contributed by atoms with Crippen LogP contribution in [0.15, 0.2) is 27.8 Å². The topological polar surface area (TPSA) is 140 Å². The van der Waals surface area contributed by atoms with Crippen LogP contribution in [0.1, 0.15) is 63.3 Å². The van der Waals surface area contributed by atoms with E-state index in [0.29, 0.717) is 13.0 Å². The molecule has 178 valence electrons. The minimum atomic E-state index is -0.670. The number of amides is 3. The van der Waals surface area contributed by atoms with Crippen LogP contribution in [0.3, 0.4) is 0 Å². The molecule has 3 amide bonds. The summed E-state index contributed by atoms with van der Waals surface area (Å²) in [6.45, 7) is 2.80. The summed E-state index contributed by atoms with van der Waals surface area (Å²) in [7, 11) is 0. The highest BCUT2D eigenvalue weighted by Gasteiger charge is 2.35. The molecular formula is C21H29N7O5. The molecule has 0 radical (unpaired) electrons. The van der Waals surface area contributed by atoms with Crippen LogP contribution in [0.25, 0.3) is 0 Å². The zero-order chi connectivity index (χ0) is 23.6. The molecule has 0 aromatic carbocycles. The second kappa shape index (κ2) is 11.9. The van der Waals surface area contributed by atoms with Crippen molar-refractivity contribution in [1.29, 1.82) is 0 Å². The Balaban J connectivity index is 1.40. The largest absolute Gasteiger partial charge is 0.433 e. The second-order valence-electron chi connectivity index (χ2n) is 7.91. The van der Waals surface area contributed by atoms with Gasteiger partial charge >= 0.3 is 11.9 Å². The van der Waals surface area contributed by atoms with Crippen molar-refractivity contribution in [2.75, 3.05) is 13.1 Å². The van der Waals surface area contributed by atoms with Gasteiger partial charge in [-0.3, -0.25) is 24.5 Å². The van der Waals surface area contributed by atoms with E-state index in [1.807, 2.05) is 6.20 Å². The maximum atomic E-state index is 12.5. The average Bonchev–Trinajstić information content (AvgIpc) is 3.51. The van der Waals surface area contributed by atoms with Crippen LogP contribution >= 0.6 is 0 Å². The van der Waals surface area contributed by atoms with E-state index in [4.69, 9.17) is 4.42 Å². The normalized spacial score (nSPS) is 14.2. The van der Waals surface area contributed by atoms with Gasteiger partial charge in [0, 0.05) is 19.3 Å². The lowest BCUT2D eigenvalue weighted by atomic mass is 10.1. The molecule has 3 rings (SSSR count). The Hall–Kier alpha value is -3.57. The quantitative estimate of drug-likeness (QED) is 0.139. The van der Waals surface area contributed by atoms with Gasteiger partial charge in [0.15, 0.2) is 5.76 Å². The van der Waals surface area contributed by atoms with Gasteiger partial charge in [0.05, 0.1) is 18.0 Å². The molecule has 2 aromatic rings. The van der Waals surface area contributed by atoms with Crippen LogP contribution in [0.4, 0.5) is 10.7 Å². The first-order chi connectivity index (χ1) is 16.0. The Bertz CT molecular complexity index is 983. The summed E-state index contributed by atoms with van der Waals surface area (Å²) in [6, 6.07) is 2.01. The summed E-state index contributed by atoms with van der Waals surface area (Å²) in [5, 5.41) is 23.9. The van der Waals surface area contributed by atoms with Gasteiger partial charge < -0.3 is 4.42 Å². The molecule has 0 saturated carbocycles. The van der Waals surface area contributed by atoms with Crippen molar-refractivity contribution in [2.24, 2.45) is 5.10 Å². The molecule has 2 aromatic heterocycles. The van der Waals surface area contributed by atoms with Crippen molar-refractivity contribution >= 4 is 24.0 Å². The molecule has 33 heavy (non-hydrogen) atoms. The van der Waals surface area contributed by atoms with Crippen molar-refractivity contribution in [3.8, 4) is 0 Å². The Labute approximate surface area is 191 Å². The summed E-state index contributed by atoms with van der Waals surface area (Å²) >= 11 is 0. The fraction of sp³-hybridized carbons (Fsp3) is 0.571. The van der Waals surface area contributed by atoms with Crippen molar-refractivity contribution in [2.45, 2.75) is 64.8 Å². The van der Waals surface area contributed by atoms with Crippen LogP contribution in [-0.4, -0.2) is 61.1 Å². The Kier molecular flexibility index (Phi) is 8.67. The van der Waals surface area contributed by atoms with Crippen LogP contribution in [0, 0.1) is 10.1 Å². The maximum absolute atomic E-state index is 12.5. The predicted octanol–water partition coefficient (Wildman–Crippen LogP) is 3.37. The number of aryl methyl sites for hydroxylation is 2. The molecule has 1 saturated heterocycles. The lowest BCUT2D eigenvalue weighted by molar-refractivity contribution is -0.402. The first-order valence-corrected chi connectivity index (χ1v) is 11.3. The SMILES string of the molecule is CCCCCCCCc1cn(CCCN2C(=O)CN(/N=C/c3ccc([N+](=O)[O-])o3)C2=O)nn1. The van der Waals surface area contributed by atoms with Crippen LogP contribution < -0.4 is 0 Å². The zero-order valence-electron chi connectivity index (χ0n) is 18.8. The Morgan fingerprint density at radius 3 is 2.70 bits per heavy atom. The van der Waals surface area contributed by atoms with Crippen LogP contribution in [-0.2, 0) is 17.8 Å². The standard InChI is InChI=1S/C21H29N7O5/c1-2-3-4-5-6-7-9-17-15-25(24-23-17)12-8-13-26-19(29)16-27(21(26)30)22-14-18-10-11-20(33-18)28(31)32/h10-11,14-15H,2-9,12-13,16H2,1H3/b22-14+. The fourth-order valence-corrected chi connectivity index (χ4v) is 3.51. The summed E-state index contributed by atoms with van der Waals surface area (Å²) in [5.74, 6) is -0.668. The van der Waals surface area contributed by atoms with Gasteiger partial charge in [0.1, 0.15) is 11.5 Å². The van der Waals surface area contributed by atoms with E-state index in [1.165, 1.54) is 50.5 Å². The highest BCUT2D eigenvalue weighted by molar-refractivity contribution is 6.02. The number of nitro groups is 1. The van der Waals surface area contributed by atoms with Crippen molar-refractivity contribution in [3.63, 3.8) is 0 Å². The van der Waals surface area contributed by atoms with E-state index in [9.17, 15) is 19.7 Å². The van der Waals surface area contributed by atoms with Gasteiger partial charge in [-0.2, -0.15) is 5.10 Å². The smallest absolute Gasteiger partial charge is 0.400 e. The molecule has 0 N–H and O–H groups in total. The lowest BCUT2D eigenvalue weighted by Gasteiger charge is -2.13. The van der Waals surface area contributed by atoms with Crippen LogP contribution in [0.5, 0.6) is 0 Å². The number of carbonyl (C=O) groups is 2. The molecule has 0 atom stereocenters. The zero-order valence-corrected chi connectivity index (χ0v) is 18.8. The first kappa shape index (κ1) is 24.1. The molecule has 1 aliphatic rings. The van der Waals surface area contributed by atoms with Gasteiger partial charge in [-0.15, -0.1) is 5.10 Å². The number of nitrogens with zero attached hydrogens (tertiary/aromatic N) is 7. The number of furan rings is 1. The maximum Gasteiger partial charge on any atom is 0.433 e. The van der Waals surface area contributed by atoms with E-state index < -0.39 is 16.8 Å². The molecule has 1 aliphatic heterocycles. The highest BCUT2D eigenvalue weighted by atomic mass is 16.6. The van der Waals surface area contributed by atoms with Crippen LogP contribution in [0.2, 0.25) is 0 Å². The molecule has 0 spiro atoms. The van der Waals surface area contributed by atoms with Crippen molar-refractivity contribution in [1.82, 2.24) is 24.9 Å². The third kappa shape index (κ3) is 6.96. The minimum Gasteiger partial charge on any atom is -0.400 e. The number of hydrogen-bond donors (Lipinski definition) is 0. The molecule has 12 nitrogen and oxygen atoms in total. The molecule has 1 fully saturated rings. The number of carbonyl (C=O) groups excluding carboxylic acids is 2. The third-order valence-electron chi connectivity index (χ3n) is 5.30. The molecular weight excluding hydrogens is 430 g/mol. The van der Waals surface area contributed by atoms with E-state index >= 15 is 0 Å². The third-order valence-corrected chi connectivity index (χ3v) is 5.30. The number of aromatic nitrogens is 3. The number of urea groups is 1. The summed E-state index contributed by atoms with van der Waals surface area (Å²) < 4.78 is 6.69. The first-order valence-electron chi connectivity index (χ1n) is 11.3. The number of rotatable bonds is 14. The van der Waals surface area contributed by atoms with Crippen molar-refractivity contribution < 1.29 is 18.9 Å². The fourth-order valence-electron chi connectivity index (χ4n) is 3.51. The van der Waals surface area contributed by atoms with Gasteiger partial charge in [0.25, 0.3) is 5.91 Å². The van der Waals surface area contributed by atoms with E-state index in [1.54, 1.807) is 4.68 Å². The molecule has 0 unspecified atom stereocenters. The Morgan fingerprint density at radius 1 is 1.15 bits per heavy atom. The molecule has 12 heteroatoms. The molecule has 3 heterocycles. The Morgan fingerprint density at radius 2 is 1.94 bits per heavy atom. The van der Waals surface area contributed by atoms with E-state index in [0.717, 1.165) is 28.4 Å². The number of unbranched alkanes of at least 4 members (excludes halogenated alkanes) is 5. The molecule has 0 aliphatic carbocycles. The van der Waals surface area contributed by atoms with Crippen molar-refractivity contribution in [3.05, 3.63) is 39.9 Å². The lowest BCUT2D eigenvalue weighted by Crippen LogP contribution is -2.32. The monoisotopic (exact) mass is 459 g/mol. The summed E-state index contributed by atoms with van der Waals surface area (Å²) in [4.78, 5) is 35.8.